The molecule has 4 heteroatoms. The molecule has 0 amide bonds. The number of nitrogens with two attached hydrogens (primary N) is 1. The second-order valence-corrected chi connectivity index (χ2v) is 4.61. The second-order valence-electron chi connectivity index (χ2n) is 3.87. The number of carbonyl (C=O) groups is 1. The van der Waals surface area contributed by atoms with Crippen molar-refractivity contribution < 1.29 is 9.90 Å². The number of hydrogen-bond donors (Lipinski definition) is 2. The highest BCUT2D eigenvalue weighted by Crippen LogP contribution is 2.42. The predicted molar refractivity (Wildman–Crippen MR) is 55.6 cm³/mol. The van der Waals surface area contributed by atoms with E-state index in [1.54, 1.807) is 11.3 Å². The lowest BCUT2D eigenvalue weighted by atomic mass is 9.80. The van der Waals surface area contributed by atoms with E-state index in [2.05, 4.69) is 10.8 Å². The number of carboxylic acids is 1. The zero-order valence-electron chi connectivity index (χ0n) is 7.82. The molecule has 0 radical (unpaired) electrons. The fourth-order valence-corrected chi connectivity index (χ4v) is 3.26. The van der Waals surface area contributed by atoms with Gasteiger partial charge in [0, 0.05) is 12.0 Å². The average Bonchev–Trinajstić information content (AvgIpc) is 2.68. The monoisotopic (exact) mass is 211 g/mol. The third-order valence-corrected chi connectivity index (χ3v) is 3.86. The summed E-state index contributed by atoms with van der Waals surface area (Å²) in [4.78, 5) is 10.8. The maximum Gasteiger partial charge on any atom is 0.304 e. The number of aryl methyl sites for hydroxylation is 1. The van der Waals surface area contributed by atoms with E-state index in [4.69, 9.17) is 10.8 Å². The van der Waals surface area contributed by atoms with E-state index < -0.39 is 5.97 Å². The summed E-state index contributed by atoms with van der Waals surface area (Å²) in [6, 6.07) is 0. The van der Waals surface area contributed by atoms with Gasteiger partial charge in [0.25, 0.3) is 0 Å². The van der Waals surface area contributed by atoms with Crippen LogP contribution in [0.5, 0.6) is 0 Å². The van der Waals surface area contributed by atoms with Crippen molar-refractivity contribution in [3.05, 3.63) is 21.9 Å². The third-order valence-electron chi connectivity index (χ3n) is 3.07. The molecule has 1 unspecified atom stereocenters. The summed E-state index contributed by atoms with van der Waals surface area (Å²) in [5.74, 6) is -0.755. The largest absolute Gasteiger partial charge is 0.481 e. The molecule has 0 saturated heterocycles. The van der Waals surface area contributed by atoms with Crippen molar-refractivity contribution in [1.82, 2.24) is 0 Å². The Bertz CT molecular complexity index is 361. The Morgan fingerprint density at radius 3 is 3.07 bits per heavy atom. The zero-order valence-corrected chi connectivity index (χ0v) is 8.64. The first-order valence-corrected chi connectivity index (χ1v) is 5.60. The van der Waals surface area contributed by atoms with E-state index in [-0.39, 0.29) is 11.8 Å². The summed E-state index contributed by atoms with van der Waals surface area (Å²) >= 11 is 1.64. The van der Waals surface area contributed by atoms with Gasteiger partial charge in [-0.15, -0.1) is 0 Å². The van der Waals surface area contributed by atoms with Crippen LogP contribution in [0.25, 0.3) is 0 Å². The summed E-state index contributed by atoms with van der Waals surface area (Å²) in [6.07, 6.45) is 2.02. The van der Waals surface area contributed by atoms with Crippen molar-refractivity contribution in [3.8, 4) is 0 Å². The van der Waals surface area contributed by atoms with Crippen LogP contribution < -0.4 is 5.73 Å². The molecule has 3 N–H and O–H groups in total. The topological polar surface area (TPSA) is 63.3 Å². The molecule has 1 aromatic heterocycles. The Hall–Kier alpha value is -0.870. The molecule has 0 saturated carbocycles. The minimum absolute atomic E-state index is 0.160. The van der Waals surface area contributed by atoms with Gasteiger partial charge in [0.1, 0.15) is 0 Å². The highest BCUT2D eigenvalue weighted by molar-refractivity contribution is 7.08. The van der Waals surface area contributed by atoms with Crippen LogP contribution in [0.15, 0.2) is 10.8 Å². The molecular weight excluding hydrogens is 198 g/mol. The Morgan fingerprint density at radius 1 is 1.64 bits per heavy atom. The summed E-state index contributed by atoms with van der Waals surface area (Å²) in [7, 11) is 0. The van der Waals surface area contributed by atoms with Gasteiger partial charge in [-0.3, -0.25) is 4.79 Å². The van der Waals surface area contributed by atoms with E-state index in [1.165, 1.54) is 11.1 Å². The van der Waals surface area contributed by atoms with Gasteiger partial charge in [-0.05, 0) is 34.7 Å². The molecule has 0 aromatic carbocycles. The molecule has 1 atom stereocenters. The van der Waals surface area contributed by atoms with Crippen LogP contribution in [0.4, 0.5) is 0 Å². The van der Waals surface area contributed by atoms with Gasteiger partial charge < -0.3 is 10.8 Å². The van der Waals surface area contributed by atoms with Crippen LogP contribution in [-0.4, -0.2) is 17.6 Å². The van der Waals surface area contributed by atoms with Crippen molar-refractivity contribution in [2.24, 2.45) is 5.73 Å². The Labute approximate surface area is 86.6 Å². The molecule has 1 heterocycles. The number of fused-ring (bicyclic) bond motifs is 1. The number of hydrogen-bond acceptors (Lipinski definition) is 3. The van der Waals surface area contributed by atoms with Crippen LogP contribution in [0.1, 0.15) is 24.0 Å². The third kappa shape index (κ3) is 1.35. The molecule has 0 bridgehead atoms. The normalized spacial score (nSPS) is 24.9. The zero-order chi connectivity index (χ0) is 10.2. The van der Waals surface area contributed by atoms with Gasteiger partial charge >= 0.3 is 5.97 Å². The van der Waals surface area contributed by atoms with E-state index >= 15 is 0 Å². The molecule has 0 fully saturated rings. The van der Waals surface area contributed by atoms with E-state index in [1.807, 2.05) is 0 Å². The minimum Gasteiger partial charge on any atom is -0.481 e. The molecule has 1 aliphatic carbocycles. The highest BCUT2D eigenvalue weighted by Gasteiger charge is 2.39. The number of rotatable bonds is 3. The maximum absolute atomic E-state index is 10.8. The lowest BCUT2D eigenvalue weighted by Gasteiger charge is -2.25. The fraction of sp³-hybridized carbons (Fsp3) is 0.500. The van der Waals surface area contributed by atoms with E-state index in [9.17, 15) is 4.79 Å². The first-order valence-electron chi connectivity index (χ1n) is 4.65. The van der Waals surface area contributed by atoms with Crippen LogP contribution in [-0.2, 0) is 16.6 Å². The lowest BCUT2D eigenvalue weighted by molar-refractivity contribution is -0.138. The molecule has 1 aromatic rings. The highest BCUT2D eigenvalue weighted by atomic mass is 32.1. The standard InChI is InChI=1S/C10H13NO2S/c11-6-10(3-9(12)13)2-1-7-4-14-5-8(7)10/h4-5H,1-3,6,11H2,(H,12,13). The summed E-state index contributed by atoms with van der Waals surface area (Å²) in [6.45, 7) is 0.434. The fourth-order valence-electron chi connectivity index (χ4n) is 2.25. The molecule has 0 aliphatic heterocycles. The Morgan fingerprint density at radius 2 is 2.43 bits per heavy atom. The van der Waals surface area contributed by atoms with Crippen LogP contribution in [0.2, 0.25) is 0 Å². The number of thiophene rings is 1. The molecule has 3 nitrogen and oxygen atoms in total. The van der Waals surface area contributed by atoms with E-state index in [0.717, 1.165) is 12.8 Å². The maximum atomic E-state index is 10.8. The van der Waals surface area contributed by atoms with Gasteiger partial charge in [0.2, 0.25) is 0 Å². The first-order chi connectivity index (χ1) is 6.68. The molecule has 14 heavy (non-hydrogen) atoms. The average molecular weight is 211 g/mol. The molecule has 2 rings (SSSR count). The predicted octanol–water partition coefficient (Wildman–Crippen LogP) is 1.37. The summed E-state index contributed by atoms with van der Waals surface area (Å²) in [5.41, 5.74) is 7.91. The summed E-state index contributed by atoms with van der Waals surface area (Å²) in [5, 5.41) is 13.0. The molecule has 76 valence electrons. The van der Waals surface area contributed by atoms with Crippen LogP contribution in [0, 0.1) is 0 Å². The smallest absolute Gasteiger partial charge is 0.304 e. The molecule has 0 spiro atoms. The van der Waals surface area contributed by atoms with Crippen molar-refractivity contribution in [2.45, 2.75) is 24.7 Å². The SMILES string of the molecule is NCC1(CC(=O)O)CCc2cscc21. The van der Waals surface area contributed by atoms with Gasteiger partial charge in [-0.25, -0.2) is 0 Å². The second kappa shape index (κ2) is 3.37. The van der Waals surface area contributed by atoms with Gasteiger partial charge in [0.05, 0.1) is 6.42 Å². The van der Waals surface area contributed by atoms with Gasteiger partial charge in [0.15, 0.2) is 0 Å². The quantitative estimate of drug-likeness (QED) is 0.793. The van der Waals surface area contributed by atoms with Crippen LogP contribution in [0.3, 0.4) is 0 Å². The molecule has 1 aliphatic rings. The lowest BCUT2D eigenvalue weighted by Crippen LogP contribution is -2.35. The van der Waals surface area contributed by atoms with Gasteiger partial charge in [-0.2, -0.15) is 11.3 Å². The molecular formula is C10H13NO2S. The van der Waals surface area contributed by atoms with Crippen molar-refractivity contribution in [2.75, 3.05) is 6.54 Å². The number of carboxylic acid groups (broad SMARTS) is 1. The Kier molecular flexibility index (Phi) is 2.33. The van der Waals surface area contributed by atoms with Gasteiger partial charge in [-0.1, -0.05) is 0 Å². The summed E-state index contributed by atoms with van der Waals surface area (Å²) < 4.78 is 0. The van der Waals surface area contributed by atoms with Crippen molar-refractivity contribution >= 4 is 17.3 Å². The van der Waals surface area contributed by atoms with Crippen molar-refractivity contribution in [3.63, 3.8) is 0 Å². The van der Waals surface area contributed by atoms with Crippen LogP contribution >= 0.6 is 11.3 Å². The van der Waals surface area contributed by atoms with Crippen molar-refractivity contribution in [1.29, 1.82) is 0 Å². The Balaban J connectivity index is 2.35. The first kappa shape index (κ1) is 9.68. The van der Waals surface area contributed by atoms with E-state index in [0.29, 0.717) is 6.54 Å². The minimum atomic E-state index is -0.755. The number of aliphatic carboxylic acids is 1.